The Balaban J connectivity index is 2.32. The van der Waals surface area contributed by atoms with Gasteiger partial charge in [-0.25, -0.2) is 8.78 Å². The van der Waals surface area contributed by atoms with Gasteiger partial charge in [0, 0.05) is 0 Å². The summed E-state index contributed by atoms with van der Waals surface area (Å²) in [5.74, 6) is -4.26. The molecule has 0 heterocycles. The van der Waals surface area contributed by atoms with Crippen molar-refractivity contribution in [1.29, 1.82) is 0 Å². The van der Waals surface area contributed by atoms with Crippen LogP contribution < -0.4 is 4.74 Å². The van der Waals surface area contributed by atoms with E-state index in [1.165, 1.54) is 0 Å². The van der Waals surface area contributed by atoms with Crippen LogP contribution in [-0.2, 0) is 6.42 Å². The Labute approximate surface area is 140 Å². The van der Waals surface area contributed by atoms with Crippen LogP contribution in [0.15, 0.2) is 48.6 Å². The van der Waals surface area contributed by atoms with Crippen LogP contribution in [0.4, 0.5) is 26.3 Å². The molecule has 2 aromatic rings. The van der Waals surface area contributed by atoms with E-state index in [4.69, 9.17) is 0 Å². The third-order valence-corrected chi connectivity index (χ3v) is 3.34. The highest BCUT2D eigenvalue weighted by Gasteiger charge is 2.33. The summed E-state index contributed by atoms with van der Waals surface area (Å²) in [6.45, 7) is 2.01. The molecular weight excluding hydrogens is 346 g/mol. The van der Waals surface area contributed by atoms with Crippen molar-refractivity contribution in [1.82, 2.24) is 0 Å². The highest BCUT2D eigenvalue weighted by Crippen LogP contribution is 2.33. The lowest BCUT2D eigenvalue weighted by Crippen LogP contribution is -2.23. The quantitative estimate of drug-likeness (QED) is 0.547. The molecule has 0 unspecified atom stereocenters. The SMILES string of the molecule is CCCc1ccc(-c2cc(F)c(OC(F)(F)C=C(F)F)c(F)c2)cc1. The van der Waals surface area contributed by atoms with Gasteiger partial charge in [0.2, 0.25) is 0 Å². The zero-order valence-corrected chi connectivity index (χ0v) is 13.1. The van der Waals surface area contributed by atoms with E-state index in [1.807, 2.05) is 6.92 Å². The fourth-order valence-corrected chi connectivity index (χ4v) is 2.27. The molecule has 25 heavy (non-hydrogen) atoms. The summed E-state index contributed by atoms with van der Waals surface area (Å²) in [5, 5.41) is 0. The van der Waals surface area contributed by atoms with Crippen molar-refractivity contribution in [2.24, 2.45) is 0 Å². The number of alkyl halides is 2. The van der Waals surface area contributed by atoms with Crippen LogP contribution in [0.5, 0.6) is 5.75 Å². The second-order valence-electron chi connectivity index (χ2n) is 5.31. The van der Waals surface area contributed by atoms with E-state index in [9.17, 15) is 26.3 Å². The average molecular weight is 360 g/mol. The predicted octanol–water partition coefficient (Wildman–Crippen LogP) is 6.34. The Morgan fingerprint density at radius 3 is 2.04 bits per heavy atom. The first-order valence-electron chi connectivity index (χ1n) is 7.41. The maximum absolute atomic E-state index is 14.0. The lowest BCUT2D eigenvalue weighted by molar-refractivity contribution is -0.137. The molecule has 0 N–H and O–H groups in total. The van der Waals surface area contributed by atoms with Crippen LogP contribution in [0.1, 0.15) is 18.9 Å². The van der Waals surface area contributed by atoms with Crippen LogP contribution >= 0.6 is 0 Å². The summed E-state index contributed by atoms with van der Waals surface area (Å²) in [5.41, 5.74) is 1.64. The van der Waals surface area contributed by atoms with Gasteiger partial charge in [-0.05, 0) is 35.2 Å². The summed E-state index contributed by atoms with van der Waals surface area (Å²) in [6, 6.07) is 8.49. The van der Waals surface area contributed by atoms with E-state index >= 15 is 0 Å². The van der Waals surface area contributed by atoms with Crippen molar-refractivity contribution in [2.45, 2.75) is 25.9 Å². The van der Waals surface area contributed by atoms with E-state index in [2.05, 4.69) is 4.74 Å². The van der Waals surface area contributed by atoms with Gasteiger partial charge >= 0.3 is 6.11 Å². The van der Waals surface area contributed by atoms with Crippen LogP contribution in [0.3, 0.4) is 0 Å². The van der Waals surface area contributed by atoms with Crippen molar-refractivity contribution in [3.05, 3.63) is 65.8 Å². The van der Waals surface area contributed by atoms with Crippen molar-refractivity contribution in [3.8, 4) is 16.9 Å². The summed E-state index contributed by atoms with van der Waals surface area (Å²) < 4.78 is 81.8. The number of halogens is 6. The number of ether oxygens (including phenoxy) is 1. The molecule has 134 valence electrons. The van der Waals surface area contributed by atoms with E-state index in [-0.39, 0.29) is 5.56 Å². The fourth-order valence-electron chi connectivity index (χ4n) is 2.27. The van der Waals surface area contributed by atoms with Gasteiger partial charge in [-0.15, -0.1) is 0 Å². The molecule has 0 fully saturated rings. The lowest BCUT2D eigenvalue weighted by Gasteiger charge is -2.15. The molecule has 0 radical (unpaired) electrons. The largest absolute Gasteiger partial charge is 0.425 e. The Morgan fingerprint density at radius 2 is 1.56 bits per heavy atom. The van der Waals surface area contributed by atoms with Gasteiger partial charge in [-0.3, -0.25) is 0 Å². The molecule has 0 bridgehead atoms. The molecule has 7 heteroatoms. The Bertz CT molecular complexity index is 741. The highest BCUT2D eigenvalue weighted by molar-refractivity contribution is 5.65. The molecule has 0 aliphatic heterocycles. The average Bonchev–Trinajstić information content (AvgIpc) is 2.50. The topological polar surface area (TPSA) is 9.23 Å². The van der Waals surface area contributed by atoms with Crippen molar-refractivity contribution in [3.63, 3.8) is 0 Å². The number of hydrogen-bond donors (Lipinski definition) is 0. The van der Waals surface area contributed by atoms with Gasteiger partial charge in [0.1, 0.15) is 0 Å². The third-order valence-electron chi connectivity index (χ3n) is 3.34. The number of hydrogen-bond acceptors (Lipinski definition) is 1. The van der Waals surface area contributed by atoms with Crippen LogP contribution in [0.2, 0.25) is 0 Å². The predicted molar refractivity (Wildman–Crippen MR) is 81.7 cm³/mol. The molecule has 2 aromatic carbocycles. The Hall–Kier alpha value is -2.44. The van der Waals surface area contributed by atoms with Gasteiger partial charge in [0.05, 0.1) is 6.08 Å². The maximum atomic E-state index is 14.0. The van der Waals surface area contributed by atoms with Gasteiger partial charge in [-0.1, -0.05) is 37.6 Å². The monoisotopic (exact) mass is 360 g/mol. The first-order valence-corrected chi connectivity index (χ1v) is 7.41. The molecule has 0 aliphatic carbocycles. The number of aryl methyl sites for hydroxylation is 1. The van der Waals surface area contributed by atoms with Crippen molar-refractivity contribution < 1.29 is 31.1 Å². The van der Waals surface area contributed by atoms with E-state index < -0.39 is 35.6 Å². The highest BCUT2D eigenvalue weighted by atomic mass is 19.3. The smallest absolute Gasteiger partial charge is 0.423 e. The molecule has 2 rings (SSSR count). The number of benzene rings is 2. The van der Waals surface area contributed by atoms with Gasteiger partial charge < -0.3 is 4.74 Å². The van der Waals surface area contributed by atoms with E-state index in [0.717, 1.165) is 30.5 Å². The molecule has 0 spiro atoms. The van der Waals surface area contributed by atoms with Crippen molar-refractivity contribution >= 4 is 0 Å². The molecule has 0 saturated heterocycles. The van der Waals surface area contributed by atoms with Crippen molar-refractivity contribution in [2.75, 3.05) is 0 Å². The Kier molecular flexibility index (Phi) is 5.77. The number of rotatable bonds is 6. The minimum atomic E-state index is -4.54. The summed E-state index contributed by atoms with van der Waals surface area (Å²) in [4.78, 5) is 0. The van der Waals surface area contributed by atoms with E-state index in [1.54, 1.807) is 24.3 Å². The normalized spacial score (nSPS) is 11.3. The molecule has 0 aliphatic rings. The molecule has 0 amide bonds. The second-order valence-corrected chi connectivity index (χ2v) is 5.31. The maximum Gasteiger partial charge on any atom is 0.425 e. The van der Waals surface area contributed by atoms with Gasteiger partial charge in [0.15, 0.2) is 17.4 Å². The Morgan fingerprint density at radius 1 is 1.00 bits per heavy atom. The van der Waals surface area contributed by atoms with Gasteiger partial charge in [0.25, 0.3) is 6.08 Å². The zero-order chi connectivity index (χ0) is 18.6. The first-order chi connectivity index (χ1) is 11.7. The van der Waals surface area contributed by atoms with Gasteiger partial charge in [-0.2, -0.15) is 17.6 Å². The summed E-state index contributed by atoms with van der Waals surface area (Å²) >= 11 is 0. The molecular formula is C18H14F6O. The third kappa shape index (κ3) is 5.01. The minimum Gasteiger partial charge on any atom is -0.423 e. The van der Waals surface area contributed by atoms with E-state index in [0.29, 0.717) is 5.56 Å². The molecule has 1 nitrogen and oxygen atoms in total. The molecule has 0 atom stereocenters. The van der Waals surface area contributed by atoms with Crippen LogP contribution in [0.25, 0.3) is 11.1 Å². The standard InChI is InChI=1S/C18H14F6O/c1-2-3-11-4-6-12(7-5-11)13-8-14(19)17(15(20)9-13)25-18(23,24)10-16(21)22/h4-10H,2-3H2,1H3. The zero-order valence-electron chi connectivity index (χ0n) is 13.1. The summed E-state index contributed by atoms with van der Waals surface area (Å²) in [6.07, 6.45) is -6.30. The second kappa shape index (κ2) is 7.63. The van der Waals surface area contributed by atoms with Crippen LogP contribution in [0, 0.1) is 11.6 Å². The molecule has 0 saturated carbocycles. The van der Waals surface area contributed by atoms with Crippen LogP contribution in [-0.4, -0.2) is 6.11 Å². The minimum absolute atomic E-state index is 0.112. The first kappa shape index (κ1) is 18.9. The summed E-state index contributed by atoms with van der Waals surface area (Å²) in [7, 11) is 0. The fraction of sp³-hybridized carbons (Fsp3) is 0.222. The molecule has 0 aromatic heterocycles. The lowest BCUT2D eigenvalue weighted by atomic mass is 10.0.